The van der Waals surface area contributed by atoms with Crippen LogP contribution in [0.1, 0.15) is 40.6 Å². The van der Waals surface area contributed by atoms with E-state index in [-0.39, 0.29) is 10.8 Å². The Kier molecular flexibility index (Phi) is 5.61. The lowest BCUT2D eigenvalue weighted by Gasteiger charge is -2.01. The molecule has 1 aromatic heterocycles. The summed E-state index contributed by atoms with van der Waals surface area (Å²) in [5.41, 5.74) is 1.86. The maximum atomic E-state index is 12.1. The fourth-order valence-corrected chi connectivity index (χ4v) is 2.72. The van der Waals surface area contributed by atoms with E-state index in [0.717, 1.165) is 30.6 Å². The predicted octanol–water partition coefficient (Wildman–Crippen LogP) is 4.90. The number of nitro groups is 1. The lowest BCUT2D eigenvalue weighted by Crippen LogP contribution is -1.94. The highest BCUT2D eigenvalue weighted by atomic mass is 32.1. The molecule has 0 aliphatic heterocycles. The minimum Gasteiger partial charge on any atom is -0.289 e. The normalized spacial score (nSPS) is 11.0. The zero-order valence-electron chi connectivity index (χ0n) is 12.3. The Balaban J connectivity index is 2.01. The number of hydrogen-bond acceptors (Lipinski definition) is 4. The van der Waals surface area contributed by atoms with Crippen LogP contribution in [-0.4, -0.2) is 10.7 Å². The van der Waals surface area contributed by atoms with Gasteiger partial charge in [0.1, 0.15) is 0 Å². The van der Waals surface area contributed by atoms with Gasteiger partial charge in [-0.2, -0.15) is 0 Å². The minimum absolute atomic E-state index is 0.0763. The second-order valence-corrected chi connectivity index (χ2v) is 6.02. The topological polar surface area (TPSA) is 60.2 Å². The van der Waals surface area contributed by atoms with E-state index in [1.54, 1.807) is 12.1 Å². The number of carbonyl (C=O) groups is 1. The maximum absolute atomic E-state index is 12.1. The van der Waals surface area contributed by atoms with Crippen LogP contribution >= 0.6 is 11.3 Å². The number of rotatable bonds is 7. The molecule has 0 bridgehead atoms. The molecule has 2 aromatic rings. The molecule has 114 valence electrons. The highest BCUT2D eigenvalue weighted by molar-refractivity contribution is 7.16. The zero-order valence-corrected chi connectivity index (χ0v) is 13.1. The maximum Gasteiger partial charge on any atom is 0.324 e. The molecule has 1 aromatic carbocycles. The molecule has 0 saturated heterocycles. The van der Waals surface area contributed by atoms with E-state index in [9.17, 15) is 14.9 Å². The molecule has 0 aliphatic carbocycles. The van der Waals surface area contributed by atoms with Crippen molar-refractivity contribution in [3.8, 4) is 0 Å². The molecule has 0 amide bonds. The number of allylic oxidation sites excluding steroid dienone is 1. The second-order valence-electron chi connectivity index (χ2n) is 4.93. The van der Waals surface area contributed by atoms with E-state index >= 15 is 0 Å². The van der Waals surface area contributed by atoms with Crippen molar-refractivity contribution in [3.63, 3.8) is 0 Å². The number of thiophene rings is 1. The molecule has 0 N–H and O–H groups in total. The summed E-state index contributed by atoms with van der Waals surface area (Å²) in [6.07, 6.45) is 6.39. The largest absolute Gasteiger partial charge is 0.324 e. The van der Waals surface area contributed by atoms with Gasteiger partial charge in [0.25, 0.3) is 0 Å². The Morgan fingerprint density at radius 1 is 1.23 bits per heavy atom. The Bertz CT molecular complexity index is 686. The average molecular weight is 315 g/mol. The van der Waals surface area contributed by atoms with Gasteiger partial charge in [-0.1, -0.05) is 48.9 Å². The van der Waals surface area contributed by atoms with Crippen molar-refractivity contribution in [1.29, 1.82) is 0 Å². The molecular formula is C17H17NO3S. The quantitative estimate of drug-likeness (QED) is 0.316. The minimum atomic E-state index is -0.432. The van der Waals surface area contributed by atoms with Gasteiger partial charge in [-0.3, -0.25) is 14.9 Å². The molecule has 1 heterocycles. The first-order valence-electron chi connectivity index (χ1n) is 7.15. The Hall–Kier alpha value is -2.27. The van der Waals surface area contributed by atoms with E-state index in [2.05, 4.69) is 6.92 Å². The van der Waals surface area contributed by atoms with Gasteiger partial charge in [0.2, 0.25) is 0 Å². The molecule has 0 unspecified atom stereocenters. The van der Waals surface area contributed by atoms with Crippen LogP contribution in [0.2, 0.25) is 0 Å². The summed E-state index contributed by atoms with van der Waals surface area (Å²) in [5.74, 6) is -0.0990. The van der Waals surface area contributed by atoms with Gasteiger partial charge in [-0.25, -0.2) is 0 Å². The molecular weight excluding hydrogens is 298 g/mol. The summed E-state index contributed by atoms with van der Waals surface area (Å²) in [7, 11) is 0. The Morgan fingerprint density at radius 2 is 1.95 bits per heavy atom. The third kappa shape index (κ3) is 4.36. The number of hydrogen-bond donors (Lipinski definition) is 0. The van der Waals surface area contributed by atoms with Crippen LogP contribution in [-0.2, 0) is 6.42 Å². The van der Waals surface area contributed by atoms with Gasteiger partial charge in [-0.15, -0.1) is 0 Å². The number of benzene rings is 1. The number of ketones is 1. The number of nitrogens with zero attached hydrogens (tertiary/aromatic N) is 1. The first kappa shape index (κ1) is 16.1. The van der Waals surface area contributed by atoms with Gasteiger partial charge >= 0.3 is 5.00 Å². The van der Waals surface area contributed by atoms with Crippen molar-refractivity contribution in [2.75, 3.05) is 0 Å². The third-order valence-electron chi connectivity index (χ3n) is 3.25. The van der Waals surface area contributed by atoms with E-state index < -0.39 is 4.92 Å². The predicted molar refractivity (Wildman–Crippen MR) is 89.4 cm³/mol. The summed E-state index contributed by atoms with van der Waals surface area (Å²) >= 11 is 1.05. The van der Waals surface area contributed by atoms with Crippen LogP contribution in [0.4, 0.5) is 5.00 Å². The van der Waals surface area contributed by atoms with Gasteiger partial charge in [0.15, 0.2) is 5.78 Å². The van der Waals surface area contributed by atoms with Crippen molar-refractivity contribution in [2.45, 2.75) is 26.2 Å². The van der Waals surface area contributed by atoms with E-state index in [0.29, 0.717) is 10.4 Å². The smallest absolute Gasteiger partial charge is 0.289 e. The highest BCUT2D eigenvalue weighted by Gasteiger charge is 2.08. The monoisotopic (exact) mass is 315 g/mol. The van der Waals surface area contributed by atoms with Crippen molar-refractivity contribution in [1.82, 2.24) is 0 Å². The molecule has 0 saturated carbocycles. The molecule has 0 atom stereocenters. The van der Waals surface area contributed by atoms with Gasteiger partial charge in [-0.05, 0) is 36.6 Å². The van der Waals surface area contributed by atoms with Crippen LogP contribution in [0.5, 0.6) is 0 Å². The first-order valence-corrected chi connectivity index (χ1v) is 7.97. The molecule has 0 aliphatic rings. The van der Waals surface area contributed by atoms with E-state index in [1.165, 1.54) is 17.7 Å². The van der Waals surface area contributed by atoms with Crippen molar-refractivity contribution in [3.05, 3.63) is 68.6 Å². The Labute approximate surface area is 133 Å². The number of aryl methyl sites for hydroxylation is 1. The van der Waals surface area contributed by atoms with Crippen LogP contribution in [0, 0.1) is 10.1 Å². The van der Waals surface area contributed by atoms with E-state index in [1.807, 2.05) is 24.3 Å². The van der Waals surface area contributed by atoms with Crippen molar-refractivity contribution in [2.24, 2.45) is 0 Å². The lowest BCUT2D eigenvalue weighted by atomic mass is 10.0. The van der Waals surface area contributed by atoms with Crippen LogP contribution in [0.15, 0.2) is 42.5 Å². The summed E-state index contributed by atoms with van der Waals surface area (Å²) in [6, 6.07) is 10.7. The molecule has 0 spiro atoms. The molecule has 22 heavy (non-hydrogen) atoms. The summed E-state index contributed by atoms with van der Waals surface area (Å²) in [4.78, 5) is 22.9. The number of unbranched alkanes of at least 4 members (excludes halogenated alkanes) is 1. The van der Waals surface area contributed by atoms with Gasteiger partial charge in [0, 0.05) is 16.5 Å². The SMILES string of the molecule is CCCCc1ccc(C(=O)/C=C/c2ccc([N+](=O)[O-])s2)cc1. The van der Waals surface area contributed by atoms with Crippen molar-refractivity contribution < 1.29 is 9.72 Å². The fraction of sp³-hybridized carbons (Fsp3) is 0.235. The van der Waals surface area contributed by atoms with Gasteiger partial charge < -0.3 is 0 Å². The summed E-state index contributed by atoms with van der Waals surface area (Å²) < 4.78 is 0. The first-order chi connectivity index (χ1) is 10.6. The van der Waals surface area contributed by atoms with Gasteiger partial charge in [0.05, 0.1) is 4.92 Å². The molecule has 0 radical (unpaired) electrons. The molecule has 2 rings (SSSR count). The molecule has 0 fully saturated rings. The van der Waals surface area contributed by atoms with Crippen molar-refractivity contribution >= 4 is 28.2 Å². The molecule has 4 nitrogen and oxygen atoms in total. The summed E-state index contributed by atoms with van der Waals surface area (Å²) in [5, 5.41) is 10.7. The lowest BCUT2D eigenvalue weighted by molar-refractivity contribution is -0.380. The average Bonchev–Trinajstić information content (AvgIpc) is 3.00. The highest BCUT2D eigenvalue weighted by Crippen LogP contribution is 2.25. The fourth-order valence-electron chi connectivity index (χ4n) is 2.00. The second kappa shape index (κ2) is 7.66. The Morgan fingerprint density at radius 3 is 2.55 bits per heavy atom. The molecule has 5 heteroatoms. The van der Waals surface area contributed by atoms with E-state index in [4.69, 9.17) is 0 Å². The van der Waals surface area contributed by atoms with Crippen LogP contribution in [0.3, 0.4) is 0 Å². The third-order valence-corrected chi connectivity index (χ3v) is 4.25. The van der Waals surface area contributed by atoms with Crippen LogP contribution < -0.4 is 0 Å². The summed E-state index contributed by atoms with van der Waals surface area (Å²) in [6.45, 7) is 2.15. The zero-order chi connectivity index (χ0) is 15.9. The van der Waals surface area contributed by atoms with Crippen LogP contribution in [0.25, 0.3) is 6.08 Å². The standard InChI is InChI=1S/C17H17NO3S/c1-2-3-4-13-5-7-14(8-6-13)16(19)11-9-15-10-12-17(22-15)18(20)21/h5-12H,2-4H2,1H3/b11-9+. The number of carbonyl (C=O) groups excluding carboxylic acids is 1.